The second-order valence-corrected chi connectivity index (χ2v) is 5.78. The molecule has 0 aliphatic carbocycles. The van der Waals surface area contributed by atoms with Crippen molar-refractivity contribution in [3.63, 3.8) is 0 Å². The molecule has 118 valence electrons. The highest BCUT2D eigenvalue weighted by atomic mass is 16.5. The number of amides is 1. The van der Waals surface area contributed by atoms with Crippen LogP contribution in [-0.4, -0.2) is 24.6 Å². The molecular formula is C17H28N2O2. The molecule has 0 radical (unpaired) electrons. The van der Waals surface area contributed by atoms with E-state index in [9.17, 15) is 4.79 Å². The molecule has 1 atom stereocenters. The van der Waals surface area contributed by atoms with Crippen molar-refractivity contribution in [2.24, 2.45) is 5.73 Å². The SMILES string of the molecule is CCNC(C)(CCCCOc1ccc(C)c(C)c1)C(N)=O. The standard InChI is InChI=1S/C17H28N2O2/c1-5-19-17(4,16(18)20)10-6-7-11-21-15-9-8-13(2)14(3)12-15/h8-9,12,19H,5-7,10-11H2,1-4H3,(H2,18,20). The molecule has 0 aliphatic heterocycles. The average Bonchev–Trinajstić information content (AvgIpc) is 2.42. The fraction of sp³-hybridized carbons (Fsp3) is 0.588. The van der Waals surface area contributed by atoms with E-state index in [4.69, 9.17) is 10.5 Å². The smallest absolute Gasteiger partial charge is 0.237 e. The lowest BCUT2D eigenvalue weighted by Crippen LogP contribution is -2.53. The van der Waals surface area contributed by atoms with Crippen LogP contribution < -0.4 is 15.8 Å². The predicted octanol–water partition coefficient (Wildman–Crippen LogP) is 2.71. The molecule has 0 aliphatic rings. The van der Waals surface area contributed by atoms with Gasteiger partial charge >= 0.3 is 0 Å². The highest BCUT2D eigenvalue weighted by Crippen LogP contribution is 2.18. The lowest BCUT2D eigenvalue weighted by Gasteiger charge is -2.26. The summed E-state index contributed by atoms with van der Waals surface area (Å²) in [6.07, 6.45) is 2.53. The summed E-state index contributed by atoms with van der Waals surface area (Å²) in [6, 6.07) is 6.12. The van der Waals surface area contributed by atoms with E-state index in [1.165, 1.54) is 11.1 Å². The molecule has 1 rings (SSSR count). The first kappa shape index (κ1) is 17.5. The molecule has 1 aromatic carbocycles. The minimum absolute atomic E-state index is 0.292. The Hall–Kier alpha value is -1.55. The summed E-state index contributed by atoms with van der Waals surface area (Å²) in [5, 5.41) is 3.17. The van der Waals surface area contributed by atoms with Gasteiger partial charge in [0.05, 0.1) is 12.1 Å². The van der Waals surface area contributed by atoms with Gasteiger partial charge in [0.25, 0.3) is 0 Å². The van der Waals surface area contributed by atoms with Crippen LogP contribution in [0.15, 0.2) is 18.2 Å². The van der Waals surface area contributed by atoms with Crippen molar-refractivity contribution in [3.05, 3.63) is 29.3 Å². The summed E-state index contributed by atoms with van der Waals surface area (Å²) in [5.41, 5.74) is 7.35. The highest BCUT2D eigenvalue weighted by Gasteiger charge is 2.28. The van der Waals surface area contributed by atoms with Crippen molar-refractivity contribution in [2.45, 2.75) is 52.5 Å². The first-order chi connectivity index (χ1) is 9.89. The van der Waals surface area contributed by atoms with E-state index in [1.54, 1.807) is 0 Å². The minimum Gasteiger partial charge on any atom is -0.494 e. The predicted molar refractivity (Wildman–Crippen MR) is 86.5 cm³/mol. The van der Waals surface area contributed by atoms with Gasteiger partial charge in [-0.25, -0.2) is 0 Å². The number of rotatable bonds is 9. The van der Waals surface area contributed by atoms with Crippen LogP contribution in [0.25, 0.3) is 0 Å². The van der Waals surface area contributed by atoms with Gasteiger partial charge in [0.15, 0.2) is 0 Å². The molecule has 4 nitrogen and oxygen atoms in total. The lowest BCUT2D eigenvalue weighted by molar-refractivity contribution is -0.124. The van der Waals surface area contributed by atoms with Crippen LogP contribution in [0.3, 0.4) is 0 Å². The lowest BCUT2D eigenvalue weighted by atomic mass is 9.94. The Morgan fingerprint density at radius 3 is 2.57 bits per heavy atom. The molecule has 1 unspecified atom stereocenters. The highest BCUT2D eigenvalue weighted by molar-refractivity contribution is 5.84. The van der Waals surface area contributed by atoms with Crippen molar-refractivity contribution in [3.8, 4) is 5.75 Å². The van der Waals surface area contributed by atoms with Crippen molar-refractivity contribution in [2.75, 3.05) is 13.2 Å². The Kier molecular flexibility index (Phi) is 6.69. The molecule has 0 aromatic heterocycles. The van der Waals surface area contributed by atoms with Gasteiger partial charge in [-0.1, -0.05) is 13.0 Å². The van der Waals surface area contributed by atoms with Gasteiger partial charge in [0, 0.05) is 0 Å². The van der Waals surface area contributed by atoms with Crippen molar-refractivity contribution >= 4 is 5.91 Å². The molecule has 0 saturated carbocycles. The van der Waals surface area contributed by atoms with Crippen molar-refractivity contribution < 1.29 is 9.53 Å². The number of primary amides is 1. The fourth-order valence-corrected chi connectivity index (χ4v) is 2.26. The zero-order valence-corrected chi connectivity index (χ0v) is 13.7. The Balaban J connectivity index is 2.33. The number of benzene rings is 1. The number of likely N-dealkylation sites (N-methyl/N-ethyl adjacent to an activating group) is 1. The number of nitrogens with two attached hydrogens (primary N) is 1. The molecular weight excluding hydrogens is 264 g/mol. The van der Waals surface area contributed by atoms with Crippen LogP contribution in [0.1, 0.15) is 44.2 Å². The van der Waals surface area contributed by atoms with E-state index in [1.807, 2.05) is 19.9 Å². The third-order valence-electron chi connectivity index (χ3n) is 3.93. The first-order valence-electron chi connectivity index (χ1n) is 7.64. The number of carbonyl (C=O) groups excluding carboxylic acids is 1. The molecule has 0 saturated heterocycles. The van der Waals surface area contributed by atoms with E-state index in [0.29, 0.717) is 6.61 Å². The monoisotopic (exact) mass is 292 g/mol. The van der Waals surface area contributed by atoms with E-state index < -0.39 is 5.54 Å². The van der Waals surface area contributed by atoms with Gasteiger partial charge in [-0.3, -0.25) is 4.79 Å². The summed E-state index contributed by atoms with van der Waals surface area (Å²) in [6.45, 7) is 9.40. The second kappa shape index (κ2) is 8.03. The van der Waals surface area contributed by atoms with Crippen LogP contribution in [0, 0.1) is 13.8 Å². The van der Waals surface area contributed by atoms with Crippen LogP contribution in [-0.2, 0) is 4.79 Å². The fourth-order valence-electron chi connectivity index (χ4n) is 2.26. The van der Waals surface area contributed by atoms with Crippen LogP contribution in [0.5, 0.6) is 5.75 Å². The Labute approximate surface area is 128 Å². The van der Waals surface area contributed by atoms with E-state index >= 15 is 0 Å². The largest absolute Gasteiger partial charge is 0.494 e. The number of nitrogens with one attached hydrogen (secondary N) is 1. The number of aryl methyl sites for hydroxylation is 2. The summed E-state index contributed by atoms with van der Waals surface area (Å²) in [5.74, 6) is 0.613. The zero-order chi connectivity index (χ0) is 15.9. The molecule has 4 heteroatoms. The quantitative estimate of drug-likeness (QED) is 0.688. The van der Waals surface area contributed by atoms with Crippen LogP contribution in [0.2, 0.25) is 0 Å². The van der Waals surface area contributed by atoms with Gasteiger partial charge in [-0.2, -0.15) is 0 Å². The zero-order valence-electron chi connectivity index (χ0n) is 13.7. The van der Waals surface area contributed by atoms with Crippen LogP contribution in [0.4, 0.5) is 0 Å². The number of hydrogen-bond donors (Lipinski definition) is 2. The van der Waals surface area contributed by atoms with Gasteiger partial charge in [-0.05, 0) is 69.8 Å². The maximum absolute atomic E-state index is 11.5. The van der Waals surface area contributed by atoms with Gasteiger partial charge in [0.2, 0.25) is 5.91 Å². The van der Waals surface area contributed by atoms with Crippen LogP contribution >= 0.6 is 0 Å². The van der Waals surface area contributed by atoms with Gasteiger partial charge in [0.1, 0.15) is 5.75 Å². The molecule has 21 heavy (non-hydrogen) atoms. The summed E-state index contributed by atoms with van der Waals surface area (Å²) < 4.78 is 5.74. The number of carbonyl (C=O) groups is 1. The summed E-state index contributed by atoms with van der Waals surface area (Å²) in [7, 11) is 0. The normalized spacial score (nSPS) is 13.7. The van der Waals surface area contributed by atoms with Gasteiger partial charge < -0.3 is 15.8 Å². The van der Waals surface area contributed by atoms with E-state index in [-0.39, 0.29) is 5.91 Å². The third-order valence-corrected chi connectivity index (χ3v) is 3.93. The molecule has 3 N–H and O–H groups in total. The Morgan fingerprint density at radius 1 is 1.29 bits per heavy atom. The number of ether oxygens (including phenoxy) is 1. The number of unbranched alkanes of at least 4 members (excludes halogenated alkanes) is 1. The molecule has 0 spiro atoms. The molecule has 0 bridgehead atoms. The Morgan fingerprint density at radius 2 is 2.00 bits per heavy atom. The average molecular weight is 292 g/mol. The van der Waals surface area contributed by atoms with Crippen molar-refractivity contribution in [1.82, 2.24) is 5.32 Å². The number of hydrogen-bond acceptors (Lipinski definition) is 3. The maximum atomic E-state index is 11.5. The van der Waals surface area contributed by atoms with E-state index in [2.05, 4.69) is 31.3 Å². The third kappa shape index (κ3) is 5.38. The first-order valence-corrected chi connectivity index (χ1v) is 7.64. The Bertz CT molecular complexity index is 474. The summed E-state index contributed by atoms with van der Waals surface area (Å²) >= 11 is 0. The molecule has 1 amide bonds. The van der Waals surface area contributed by atoms with E-state index in [0.717, 1.165) is 31.6 Å². The topological polar surface area (TPSA) is 64.3 Å². The van der Waals surface area contributed by atoms with Gasteiger partial charge in [-0.15, -0.1) is 0 Å². The minimum atomic E-state index is -0.616. The molecule has 1 aromatic rings. The molecule has 0 fully saturated rings. The van der Waals surface area contributed by atoms with Crippen molar-refractivity contribution in [1.29, 1.82) is 0 Å². The second-order valence-electron chi connectivity index (χ2n) is 5.78. The summed E-state index contributed by atoms with van der Waals surface area (Å²) in [4.78, 5) is 11.5. The maximum Gasteiger partial charge on any atom is 0.237 e. The molecule has 0 heterocycles.